The fraction of sp³-hybridized carbons (Fsp3) is 0.400. The molecule has 9 heteroatoms. The molecular weight excluding hydrogens is 312 g/mol. The first-order valence-corrected chi connectivity index (χ1v) is 7.44. The molecule has 0 aliphatic heterocycles. The van der Waals surface area contributed by atoms with Crippen LogP contribution in [0.5, 0.6) is 0 Å². The number of nitrogens with zero attached hydrogens (tertiary/aromatic N) is 4. The molecule has 128 valence electrons. The number of hydrogen-bond acceptors (Lipinski definition) is 6. The number of nitrogens with two attached hydrogens (primary N) is 1. The summed E-state index contributed by atoms with van der Waals surface area (Å²) >= 11 is 0. The van der Waals surface area contributed by atoms with Crippen molar-refractivity contribution in [1.82, 2.24) is 20.1 Å². The van der Waals surface area contributed by atoms with Gasteiger partial charge in [-0.15, -0.1) is 0 Å². The lowest BCUT2D eigenvalue weighted by molar-refractivity contribution is -0.384. The predicted molar refractivity (Wildman–Crippen MR) is 87.8 cm³/mol. The number of aromatic nitrogens is 3. The van der Waals surface area contributed by atoms with Crippen molar-refractivity contribution >= 4 is 11.6 Å². The molecule has 24 heavy (non-hydrogen) atoms. The Morgan fingerprint density at radius 3 is 2.71 bits per heavy atom. The third-order valence-electron chi connectivity index (χ3n) is 4.20. The van der Waals surface area contributed by atoms with E-state index in [0.29, 0.717) is 0 Å². The molecule has 0 saturated heterocycles. The van der Waals surface area contributed by atoms with Gasteiger partial charge in [0.2, 0.25) is 0 Å². The van der Waals surface area contributed by atoms with Crippen molar-refractivity contribution in [3.8, 4) is 5.69 Å². The Hall–Kier alpha value is -2.81. The highest BCUT2D eigenvalue weighted by Gasteiger charge is 2.29. The molecule has 0 bridgehead atoms. The summed E-state index contributed by atoms with van der Waals surface area (Å²) in [5.41, 5.74) is 5.35. The molecule has 0 saturated carbocycles. The highest BCUT2D eigenvalue weighted by Crippen LogP contribution is 2.24. The largest absolute Gasteiger partial charge is 0.345 e. The second-order valence-electron chi connectivity index (χ2n) is 6.03. The SMILES string of the molecule is CC(C)C(C)(CN)NC(=O)c1ccc(-n2cncn2)c([N+](=O)[O-])c1. The molecule has 0 radical (unpaired) electrons. The molecule has 0 aliphatic carbocycles. The summed E-state index contributed by atoms with van der Waals surface area (Å²) in [6.07, 6.45) is 2.63. The average molecular weight is 332 g/mol. The lowest BCUT2D eigenvalue weighted by Crippen LogP contribution is -2.55. The summed E-state index contributed by atoms with van der Waals surface area (Å²) in [5, 5.41) is 18.1. The van der Waals surface area contributed by atoms with Gasteiger partial charge >= 0.3 is 0 Å². The number of carbonyl (C=O) groups is 1. The van der Waals surface area contributed by atoms with E-state index in [4.69, 9.17) is 5.73 Å². The number of hydrogen-bond donors (Lipinski definition) is 2. The molecule has 1 aromatic carbocycles. The Balaban J connectivity index is 2.37. The van der Waals surface area contributed by atoms with Gasteiger partial charge in [-0.2, -0.15) is 5.10 Å². The van der Waals surface area contributed by atoms with Crippen molar-refractivity contribution in [2.75, 3.05) is 6.54 Å². The van der Waals surface area contributed by atoms with E-state index in [0.717, 1.165) is 0 Å². The van der Waals surface area contributed by atoms with Crippen molar-refractivity contribution in [2.45, 2.75) is 26.3 Å². The molecular formula is C15H20N6O3. The number of carbonyl (C=O) groups excluding carboxylic acids is 1. The third-order valence-corrected chi connectivity index (χ3v) is 4.20. The van der Waals surface area contributed by atoms with Gasteiger partial charge in [-0.3, -0.25) is 14.9 Å². The second-order valence-corrected chi connectivity index (χ2v) is 6.03. The van der Waals surface area contributed by atoms with Crippen LogP contribution in [0.2, 0.25) is 0 Å². The highest BCUT2D eigenvalue weighted by atomic mass is 16.6. The fourth-order valence-corrected chi connectivity index (χ4v) is 2.10. The van der Waals surface area contributed by atoms with E-state index < -0.39 is 16.4 Å². The molecule has 1 amide bonds. The standard InChI is InChI=1S/C15H20N6O3/c1-10(2)15(3,7-16)19-14(22)11-4-5-12(13(6-11)21(23)24)20-9-17-8-18-20/h4-6,8-10H,7,16H2,1-3H3,(H,19,22). The fourth-order valence-electron chi connectivity index (χ4n) is 2.10. The Morgan fingerprint density at radius 1 is 1.50 bits per heavy atom. The van der Waals surface area contributed by atoms with E-state index in [1.165, 1.54) is 35.5 Å². The molecule has 1 aromatic heterocycles. The minimum Gasteiger partial charge on any atom is -0.345 e. The van der Waals surface area contributed by atoms with Crippen LogP contribution < -0.4 is 11.1 Å². The number of nitrogens with one attached hydrogen (secondary N) is 1. The van der Waals surface area contributed by atoms with Crippen molar-refractivity contribution in [3.05, 3.63) is 46.5 Å². The zero-order valence-electron chi connectivity index (χ0n) is 13.8. The Labute approximate surface area is 139 Å². The van der Waals surface area contributed by atoms with Gasteiger partial charge < -0.3 is 11.1 Å². The summed E-state index contributed by atoms with van der Waals surface area (Å²) in [6, 6.07) is 4.21. The van der Waals surface area contributed by atoms with Gasteiger partial charge in [0.25, 0.3) is 11.6 Å². The maximum absolute atomic E-state index is 12.5. The van der Waals surface area contributed by atoms with Gasteiger partial charge in [0.05, 0.1) is 10.5 Å². The predicted octanol–water partition coefficient (Wildman–Crippen LogP) is 1.28. The number of amides is 1. The van der Waals surface area contributed by atoms with Crippen LogP contribution in [-0.2, 0) is 0 Å². The first-order valence-electron chi connectivity index (χ1n) is 7.44. The number of rotatable bonds is 6. The first kappa shape index (κ1) is 17.5. The summed E-state index contributed by atoms with van der Waals surface area (Å²) in [6.45, 7) is 6.00. The monoisotopic (exact) mass is 332 g/mol. The van der Waals surface area contributed by atoms with Crippen molar-refractivity contribution < 1.29 is 9.72 Å². The minimum absolute atomic E-state index is 0.107. The van der Waals surface area contributed by atoms with Crippen LogP contribution in [0.15, 0.2) is 30.9 Å². The van der Waals surface area contributed by atoms with Crippen LogP contribution in [0.3, 0.4) is 0 Å². The van der Waals surface area contributed by atoms with Gasteiger partial charge in [-0.05, 0) is 25.0 Å². The quantitative estimate of drug-likeness (QED) is 0.605. The molecule has 3 N–H and O–H groups in total. The number of nitro benzene ring substituents is 1. The smallest absolute Gasteiger partial charge is 0.295 e. The van der Waals surface area contributed by atoms with E-state index >= 15 is 0 Å². The normalized spacial score (nSPS) is 13.5. The Kier molecular flexibility index (Phi) is 4.93. The van der Waals surface area contributed by atoms with Crippen LogP contribution in [0.25, 0.3) is 5.69 Å². The van der Waals surface area contributed by atoms with E-state index in [9.17, 15) is 14.9 Å². The highest BCUT2D eigenvalue weighted by molar-refractivity contribution is 5.95. The molecule has 0 fully saturated rings. The molecule has 2 aromatic rings. The van der Waals surface area contributed by atoms with Crippen LogP contribution in [-0.4, -0.2) is 37.7 Å². The molecule has 1 atom stereocenters. The van der Waals surface area contributed by atoms with Crippen LogP contribution in [0, 0.1) is 16.0 Å². The molecule has 1 heterocycles. The maximum Gasteiger partial charge on any atom is 0.295 e. The Bertz CT molecular complexity index is 744. The molecule has 0 aliphatic rings. The van der Waals surface area contributed by atoms with E-state index in [-0.39, 0.29) is 29.4 Å². The molecule has 9 nitrogen and oxygen atoms in total. The summed E-state index contributed by atoms with van der Waals surface area (Å²) in [7, 11) is 0. The van der Waals surface area contributed by atoms with Gasteiger partial charge in [0.15, 0.2) is 0 Å². The summed E-state index contributed by atoms with van der Waals surface area (Å²) in [4.78, 5) is 27.0. The van der Waals surface area contributed by atoms with Gasteiger partial charge in [-0.1, -0.05) is 13.8 Å². The summed E-state index contributed by atoms with van der Waals surface area (Å²) in [5.74, 6) is -0.305. The number of nitro groups is 1. The van der Waals surface area contributed by atoms with E-state index in [1.54, 1.807) is 0 Å². The zero-order chi connectivity index (χ0) is 17.9. The lowest BCUT2D eigenvalue weighted by Gasteiger charge is -2.33. The van der Waals surface area contributed by atoms with E-state index in [1.807, 2.05) is 20.8 Å². The zero-order valence-corrected chi connectivity index (χ0v) is 13.8. The molecule has 0 spiro atoms. The van der Waals surface area contributed by atoms with Gasteiger partial charge in [0.1, 0.15) is 18.3 Å². The van der Waals surface area contributed by atoms with Crippen LogP contribution >= 0.6 is 0 Å². The minimum atomic E-state index is -0.601. The first-order chi connectivity index (χ1) is 11.3. The van der Waals surface area contributed by atoms with Crippen molar-refractivity contribution in [3.63, 3.8) is 0 Å². The van der Waals surface area contributed by atoms with Crippen molar-refractivity contribution in [2.24, 2.45) is 11.7 Å². The van der Waals surface area contributed by atoms with Gasteiger partial charge in [-0.25, -0.2) is 9.67 Å². The average Bonchev–Trinajstić information content (AvgIpc) is 3.08. The maximum atomic E-state index is 12.5. The van der Waals surface area contributed by atoms with E-state index in [2.05, 4.69) is 15.4 Å². The topological polar surface area (TPSA) is 129 Å². The molecule has 1 unspecified atom stereocenters. The second kappa shape index (κ2) is 6.75. The lowest BCUT2D eigenvalue weighted by atomic mass is 9.88. The summed E-state index contributed by atoms with van der Waals surface area (Å²) < 4.78 is 1.28. The Morgan fingerprint density at radius 2 is 2.21 bits per heavy atom. The van der Waals surface area contributed by atoms with Crippen LogP contribution in [0.4, 0.5) is 5.69 Å². The third kappa shape index (κ3) is 3.40. The van der Waals surface area contributed by atoms with Crippen LogP contribution in [0.1, 0.15) is 31.1 Å². The van der Waals surface area contributed by atoms with Crippen molar-refractivity contribution in [1.29, 1.82) is 0 Å². The molecule has 2 rings (SSSR count). The van der Waals surface area contributed by atoms with Gasteiger partial charge in [0, 0.05) is 18.2 Å². The number of benzene rings is 1.